The SMILES string of the molecule is CN(C)CCNC(=O)Cn1cnc2cccc([N+](=O)[O-])c2c1=O. The molecule has 1 aromatic heterocycles. The Morgan fingerprint density at radius 1 is 1.43 bits per heavy atom. The van der Waals surface area contributed by atoms with Crippen molar-refractivity contribution in [1.29, 1.82) is 0 Å². The highest BCUT2D eigenvalue weighted by Gasteiger charge is 2.17. The molecule has 0 bridgehead atoms. The van der Waals surface area contributed by atoms with E-state index in [-0.39, 0.29) is 29.0 Å². The largest absolute Gasteiger partial charge is 0.353 e. The normalized spacial score (nSPS) is 10.9. The minimum absolute atomic E-state index is 0.0962. The van der Waals surface area contributed by atoms with Crippen LogP contribution in [0.5, 0.6) is 0 Å². The standard InChI is InChI=1S/C14H17N5O4/c1-17(2)7-6-15-12(20)8-18-9-16-10-4-3-5-11(19(22)23)13(10)14(18)21/h3-5,9H,6-8H2,1-2H3,(H,15,20). The molecule has 1 heterocycles. The molecule has 9 heteroatoms. The number of nitrogens with one attached hydrogen (secondary N) is 1. The molecule has 0 saturated heterocycles. The predicted octanol–water partition coefficient (Wildman–Crippen LogP) is -0.0175. The number of fused-ring (bicyclic) bond motifs is 1. The van der Waals surface area contributed by atoms with Gasteiger partial charge in [0.2, 0.25) is 5.91 Å². The number of amides is 1. The zero-order chi connectivity index (χ0) is 17.0. The van der Waals surface area contributed by atoms with E-state index in [2.05, 4.69) is 10.3 Å². The summed E-state index contributed by atoms with van der Waals surface area (Å²) in [6.07, 6.45) is 1.22. The van der Waals surface area contributed by atoms with E-state index in [0.29, 0.717) is 13.1 Å². The Morgan fingerprint density at radius 3 is 2.83 bits per heavy atom. The van der Waals surface area contributed by atoms with Crippen molar-refractivity contribution in [3.05, 3.63) is 45.0 Å². The lowest BCUT2D eigenvalue weighted by Gasteiger charge is -2.11. The summed E-state index contributed by atoms with van der Waals surface area (Å²) in [4.78, 5) is 40.6. The number of rotatable bonds is 6. The number of benzene rings is 1. The van der Waals surface area contributed by atoms with Crippen LogP contribution in [0.1, 0.15) is 0 Å². The van der Waals surface area contributed by atoms with Crippen LogP contribution in [0, 0.1) is 10.1 Å². The van der Waals surface area contributed by atoms with E-state index in [1.54, 1.807) is 0 Å². The number of carbonyl (C=O) groups excluding carboxylic acids is 1. The predicted molar refractivity (Wildman–Crippen MR) is 84.2 cm³/mol. The highest BCUT2D eigenvalue weighted by molar-refractivity contribution is 5.87. The average Bonchev–Trinajstić information content (AvgIpc) is 2.49. The Balaban J connectivity index is 2.27. The molecule has 0 fully saturated rings. The molecular formula is C14H17N5O4. The van der Waals surface area contributed by atoms with Crippen LogP contribution in [0.3, 0.4) is 0 Å². The lowest BCUT2D eigenvalue weighted by Crippen LogP contribution is -2.36. The molecule has 1 aromatic carbocycles. The first-order valence-electron chi connectivity index (χ1n) is 6.94. The summed E-state index contributed by atoms with van der Waals surface area (Å²) >= 11 is 0. The second-order valence-corrected chi connectivity index (χ2v) is 5.26. The van der Waals surface area contributed by atoms with Crippen LogP contribution >= 0.6 is 0 Å². The first-order chi connectivity index (χ1) is 10.9. The molecule has 122 valence electrons. The molecular weight excluding hydrogens is 302 g/mol. The smallest absolute Gasteiger partial charge is 0.284 e. The Hall–Kier alpha value is -2.81. The molecule has 0 aliphatic rings. The van der Waals surface area contributed by atoms with Crippen molar-refractivity contribution in [1.82, 2.24) is 19.8 Å². The zero-order valence-corrected chi connectivity index (χ0v) is 12.9. The van der Waals surface area contributed by atoms with Crippen LogP contribution in [0.2, 0.25) is 0 Å². The highest BCUT2D eigenvalue weighted by Crippen LogP contribution is 2.19. The maximum atomic E-state index is 12.4. The summed E-state index contributed by atoms with van der Waals surface area (Å²) in [7, 11) is 3.76. The number of nitro benzene ring substituents is 1. The fourth-order valence-corrected chi connectivity index (χ4v) is 2.08. The van der Waals surface area contributed by atoms with Crippen LogP contribution in [0.25, 0.3) is 10.9 Å². The van der Waals surface area contributed by atoms with Crippen LogP contribution in [0.15, 0.2) is 29.3 Å². The minimum Gasteiger partial charge on any atom is -0.353 e. The van der Waals surface area contributed by atoms with Crippen molar-refractivity contribution < 1.29 is 9.72 Å². The Labute approximate surface area is 131 Å². The number of non-ortho nitro benzene ring substituents is 1. The monoisotopic (exact) mass is 319 g/mol. The van der Waals surface area contributed by atoms with E-state index < -0.39 is 10.5 Å². The molecule has 23 heavy (non-hydrogen) atoms. The quantitative estimate of drug-likeness (QED) is 0.592. The van der Waals surface area contributed by atoms with Gasteiger partial charge in [-0.25, -0.2) is 4.98 Å². The molecule has 1 N–H and O–H groups in total. The molecule has 9 nitrogen and oxygen atoms in total. The van der Waals surface area contributed by atoms with Gasteiger partial charge in [-0.3, -0.25) is 24.3 Å². The van der Waals surface area contributed by atoms with Crippen molar-refractivity contribution in [3.8, 4) is 0 Å². The molecule has 0 unspecified atom stereocenters. The van der Waals surface area contributed by atoms with Crippen molar-refractivity contribution in [2.24, 2.45) is 0 Å². The van der Waals surface area contributed by atoms with Crippen molar-refractivity contribution in [2.45, 2.75) is 6.54 Å². The number of nitrogens with zero attached hydrogens (tertiary/aromatic N) is 4. The van der Waals surface area contributed by atoms with E-state index in [9.17, 15) is 19.7 Å². The van der Waals surface area contributed by atoms with E-state index >= 15 is 0 Å². The molecule has 0 aliphatic carbocycles. The first-order valence-corrected chi connectivity index (χ1v) is 6.94. The molecule has 0 saturated carbocycles. The molecule has 0 radical (unpaired) electrons. The zero-order valence-electron chi connectivity index (χ0n) is 12.9. The third-order valence-corrected chi connectivity index (χ3v) is 3.22. The average molecular weight is 319 g/mol. The fraction of sp³-hybridized carbons (Fsp3) is 0.357. The van der Waals surface area contributed by atoms with Crippen LogP contribution in [0.4, 0.5) is 5.69 Å². The summed E-state index contributed by atoms with van der Waals surface area (Å²) in [5.41, 5.74) is -0.694. The second kappa shape index (κ2) is 6.97. The van der Waals surface area contributed by atoms with Gasteiger partial charge in [0.15, 0.2) is 0 Å². The number of hydrogen-bond acceptors (Lipinski definition) is 6. The van der Waals surface area contributed by atoms with Gasteiger partial charge in [0, 0.05) is 19.2 Å². The maximum absolute atomic E-state index is 12.4. The third-order valence-electron chi connectivity index (χ3n) is 3.22. The van der Waals surface area contributed by atoms with Crippen molar-refractivity contribution in [2.75, 3.05) is 27.2 Å². The first kappa shape index (κ1) is 16.6. The van der Waals surface area contributed by atoms with E-state index in [4.69, 9.17) is 0 Å². The van der Waals surface area contributed by atoms with Gasteiger partial charge in [0.25, 0.3) is 11.2 Å². The third kappa shape index (κ3) is 3.89. The van der Waals surface area contributed by atoms with Crippen LogP contribution < -0.4 is 10.9 Å². The molecule has 0 spiro atoms. The summed E-state index contributed by atoms with van der Waals surface area (Å²) in [6.45, 7) is 0.880. The van der Waals surface area contributed by atoms with Crippen LogP contribution in [-0.4, -0.2) is 52.5 Å². The van der Waals surface area contributed by atoms with Gasteiger partial charge in [-0.05, 0) is 20.2 Å². The molecule has 2 aromatic rings. The van der Waals surface area contributed by atoms with Gasteiger partial charge in [-0.15, -0.1) is 0 Å². The number of carbonyl (C=O) groups is 1. The van der Waals surface area contributed by atoms with E-state index in [1.807, 2.05) is 19.0 Å². The molecule has 1 amide bonds. The van der Waals surface area contributed by atoms with Crippen molar-refractivity contribution in [3.63, 3.8) is 0 Å². The lowest BCUT2D eigenvalue weighted by atomic mass is 10.2. The Kier molecular flexibility index (Phi) is 5.02. The van der Waals surface area contributed by atoms with Crippen LogP contribution in [-0.2, 0) is 11.3 Å². The Bertz CT molecular complexity index is 799. The molecule has 0 aliphatic heterocycles. The topological polar surface area (TPSA) is 110 Å². The maximum Gasteiger partial charge on any atom is 0.284 e. The summed E-state index contributed by atoms with van der Waals surface area (Å²) < 4.78 is 1.07. The molecule has 2 rings (SSSR count). The Morgan fingerprint density at radius 2 is 2.17 bits per heavy atom. The minimum atomic E-state index is -0.632. The second-order valence-electron chi connectivity index (χ2n) is 5.26. The van der Waals surface area contributed by atoms with Gasteiger partial charge >= 0.3 is 0 Å². The number of likely N-dealkylation sites (N-methyl/N-ethyl adjacent to an activating group) is 1. The van der Waals surface area contributed by atoms with E-state index in [1.165, 1.54) is 24.5 Å². The summed E-state index contributed by atoms with van der Waals surface area (Å²) in [6, 6.07) is 4.23. The van der Waals surface area contributed by atoms with Gasteiger partial charge in [0.1, 0.15) is 11.9 Å². The summed E-state index contributed by atoms with van der Waals surface area (Å²) in [5.74, 6) is -0.353. The van der Waals surface area contributed by atoms with Crippen molar-refractivity contribution >= 4 is 22.5 Å². The number of hydrogen-bond donors (Lipinski definition) is 1. The van der Waals surface area contributed by atoms with Gasteiger partial charge < -0.3 is 10.2 Å². The lowest BCUT2D eigenvalue weighted by molar-refractivity contribution is -0.383. The highest BCUT2D eigenvalue weighted by atomic mass is 16.6. The van der Waals surface area contributed by atoms with E-state index in [0.717, 1.165) is 4.57 Å². The van der Waals surface area contributed by atoms with Gasteiger partial charge in [-0.1, -0.05) is 6.07 Å². The fourth-order valence-electron chi connectivity index (χ4n) is 2.08. The number of nitro groups is 1. The summed E-state index contributed by atoms with van der Waals surface area (Å²) in [5, 5.41) is 13.6. The van der Waals surface area contributed by atoms with Gasteiger partial charge in [-0.2, -0.15) is 0 Å². The molecule has 0 atom stereocenters. The van der Waals surface area contributed by atoms with Gasteiger partial charge in [0.05, 0.1) is 16.8 Å². The number of aromatic nitrogens is 2.